The highest BCUT2D eigenvalue weighted by Crippen LogP contribution is 2.19. The summed E-state index contributed by atoms with van der Waals surface area (Å²) in [7, 11) is -3.27. The van der Waals surface area contributed by atoms with Gasteiger partial charge in [-0.3, -0.25) is 4.79 Å². The van der Waals surface area contributed by atoms with Gasteiger partial charge in [-0.2, -0.15) is 0 Å². The van der Waals surface area contributed by atoms with Gasteiger partial charge in [-0.25, -0.2) is 8.42 Å². The van der Waals surface area contributed by atoms with E-state index >= 15 is 0 Å². The van der Waals surface area contributed by atoms with Gasteiger partial charge in [0.1, 0.15) is 5.75 Å². The van der Waals surface area contributed by atoms with Crippen LogP contribution < -0.4 is 4.74 Å². The Balaban J connectivity index is 1.93. The first kappa shape index (κ1) is 16.8. The van der Waals surface area contributed by atoms with E-state index in [0.29, 0.717) is 11.7 Å². The third-order valence-electron chi connectivity index (χ3n) is 3.97. The standard InChI is InChI=1S/C16H23NO4S/c1-13-5-4-9-17(10-8-13)16(18)12-21-14-6-3-7-15(11-14)22(2,19)20/h3,6-7,11,13H,4-5,8-10,12H2,1-2H3/t13-/m0/s1. The summed E-state index contributed by atoms with van der Waals surface area (Å²) in [5.74, 6) is 1.02. The van der Waals surface area contributed by atoms with Crippen molar-refractivity contribution >= 4 is 15.7 Å². The molecule has 22 heavy (non-hydrogen) atoms. The minimum Gasteiger partial charge on any atom is -0.484 e. The van der Waals surface area contributed by atoms with Crippen LogP contribution in [0.25, 0.3) is 0 Å². The highest BCUT2D eigenvalue weighted by molar-refractivity contribution is 7.90. The average Bonchev–Trinajstić information content (AvgIpc) is 2.69. The molecular formula is C16H23NO4S. The third-order valence-corrected chi connectivity index (χ3v) is 5.08. The topological polar surface area (TPSA) is 63.7 Å². The van der Waals surface area contributed by atoms with Gasteiger partial charge >= 0.3 is 0 Å². The lowest BCUT2D eigenvalue weighted by molar-refractivity contribution is -0.133. The Morgan fingerprint density at radius 3 is 2.82 bits per heavy atom. The maximum Gasteiger partial charge on any atom is 0.260 e. The first-order valence-corrected chi connectivity index (χ1v) is 9.46. The molecule has 0 spiro atoms. The van der Waals surface area contributed by atoms with E-state index in [1.54, 1.807) is 12.1 Å². The maximum absolute atomic E-state index is 12.2. The van der Waals surface area contributed by atoms with Gasteiger partial charge in [0.25, 0.3) is 5.91 Å². The van der Waals surface area contributed by atoms with E-state index in [9.17, 15) is 13.2 Å². The number of likely N-dealkylation sites (tertiary alicyclic amines) is 1. The Morgan fingerprint density at radius 2 is 2.09 bits per heavy atom. The average molecular weight is 325 g/mol. The second-order valence-corrected chi connectivity index (χ2v) is 7.97. The number of nitrogens with zero attached hydrogens (tertiary/aromatic N) is 1. The Morgan fingerprint density at radius 1 is 1.32 bits per heavy atom. The molecule has 122 valence electrons. The zero-order chi connectivity index (χ0) is 16.2. The lowest BCUT2D eigenvalue weighted by Gasteiger charge is -2.20. The summed E-state index contributed by atoms with van der Waals surface area (Å²) in [4.78, 5) is 14.2. The van der Waals surface area contributed by atoms with Gasteiger partial charge in [0.05, 0.1) is 4.90 Å². The molecule has 6 heteroatoms. The van der Waals surface area contributed by atoms with Gasteiger partial charge < -0.3 is 9.64 Å². The van der Waals surface area contributed by atoms with E-state index in [0.717, 1.165) is 38.6 Å². The SMILES string of the molecule is C[C@H]1CCCN(C(=O)COc2cccc(S(C)(=O)=O)c2)CC1. The molecule has 1 aromatic carbocycles. The van der Waals surface area contributed by atoms with E-state index in [1.165, 1.54) is 12.1 Å². The minimum atomic E-state index is -3.27. The van der Waals surface area contributed by atoms with Gasteiger partial charge in [-0.05, 0) is 43.4 Å². The lowest BCUT2D eigenvalue weighted by atomic mass is 10.0. The molecular weight excluding hydrogens is 302 g/mol. The van der Waals surface area contributed by atoms with Crippen molar-refractivity contribution in [3.63, 3.8) is 0 Å². The smallest absolute Gasteiger partial charge is 0.260 e. The van der Waals surface area contributed by atoms with Crippen LogP contribution in [0.4, 0.5) is 0 Å². The molecule has 0 aromatic heterocycles. The lowest BCUT2D eigenvalue weighted by Crippen LogP contribution is -2.35. The molecule has 0 N–H and O–H groups in total. The number of hydrogen-bond acceptors (Lipinski definition) is 4. The van der Waals surface area contributed by atoms with Crippen molar-refractivity contribution in [2.24, 2.45) is 5.92 Å². The Labute approximate surface area is 132 Å². The van der Waals surface area contributed by atoms with Crippen LogP contribution >= 0.6 is 0 Å². The van der Waals surface area contributed by atoms with Gasteiger partial charge in [0, 0.05) is 19.3 Å². The van der Waals surface area contributed by atoms with Crippen molar-refractivity contribution in [1.82, 2.24) is 4.90 Å². The maximum atomic E-state index is 12.2. The van der Waals surface area contributed by atoms with Gasteiger partial charge in [0.15, 0.2) is 16.4 Å². The summed E-state index contributed by atoms with van der Waals surface area (Å²) in [6, 6.07) is 6.24. The summed E-state index contributed by atoms with van der Waals surface area (Å²) in [6.07, 6.45) is 4.35. The molecule has 2 rings (SSSR count). The molecule has 0 unspecified atom stereocenters. The molecule has 1 aromatic rings. The van der Waals surface area contributed by atoms with Crippen LogP contribution in [0, 0.1) is 5.92 Å². The van der Waals surface area contributed by atoms with Crippen molar-refractivity contribution in [2.75, 3.05) is 26.0 Å². The molecule has 0 aliphatic carbocycles. The van der Waals surface area contributed by atoms with Crippen molar-refractivity contribution in [3.8, 4) is 5.75 Å². The number of sulfone groups is 1. The fourth-order valence-corrected chi connectivity index (χ4v) is 3.20. The molecule has 1 saturated heterocycles. The van der Waals surface area contributed by atoms with Gasteiger partial charge in [-0.1, -0.05) is 13.0 Å². The van der Waals surface area contributed by atoms with E-state index < -0.39 is 9.84 Å². The van der Waals surface area contributed by atoms with E-state index in [4.69, 9.17) is 4.74 Å². The molecule has 0 saturated carbocycles. The number of carbonyl (C=O) groups excluding carboxylic acids is 1. The molecule has 0 bridgehead atoms. The van der Waals surface area contributed by atoms with E-state index in [1.807, 2.05) is 4.90 Å². The monoisotopic (exact) mass is 325 g/mol. The third kappa shape index (κ3) is 4.73. The summed E-state index contributed by atoms with van der Waals surface area (Å²) >= 11 is 0. The number of benzene rings is 1. The van der Waals surface area contributed by atoms with Crippen LogP contribution in [0.15, 0.2) is 29.2 Å². The number of amides is 1. The van der Waals surface area contributed by atoms with Crippen LogP contribution in [-0.4, -0.2) is 45.2 Å². The second-order valence-electron chi connectivity index (χ2n) is 5.95. The number of rotatable bonds is 4. The Hall–Kier alpha value is -1.56. The molecule has 1 aliphatic rings. The van der Waals surface area contributed by atoms with Gasteiger partial charge in [0.2, 0.25) is 0 Å². The molecule has 1 aliphatic heterocycles. The quantitative estimate of drug-likeness (QED) is 0.850. The van der Waals surface area contributed by atoms with Gasteiger partial charge in [-0.15, -0.1) is 0 Å². The first-order chi connectivity index (χ1) is 10.4. The van der Waals surface area contributed by atoms with Crippen molar-refractivity contribution in [3.05, 3.63) is 24.3 Å². The van der Waals surface area contributed by atoms with Crippen LogP contribution in [-0.2, 0) is 14.6 Å². The highest BCUT2D eigenvalue weighted by Gasteiger charge is 2.19. The predicted octanol–water partition coefficient (Wildman–Crippen LogP) is 2.12. The minimum absolute atomic E-state index is 0.0427. The van der Waals surface area contributed by atoms with Crippen LogP contribution in [0.1, 0.15) is 26.2 Å². The van der Waals surface area contributed by atoms with E-state index in [2.05, 4.69) is 6.92 Å². The zero-order valence-corrected chi connectivity index (χ0v) is 13.9. The van der Waals surface area contributed by atoms with Crippen LogP contribution in [0.3, 0.4) is 0 Å². The summed E-state index contributed by atoms with van der Waals surface area (Å²) in [5.41, 5.74) is 0. The zero-order valence-electron chi connectivity index (χ0n) is 13.1. The highest BCUT2D eigenvalue weighted by atomic mass is 32.2. The van der Waals surface area contributed by atoms with E-state index in [-0.39, 0.29) is 17.4 Å². The first-order valence-electron chi connectivity index (χ1n) is 7.57. The molecule has 5 nitrogen and oxygen atoms in total. The number of carbonyl (C=O) groups is 1. The summed E-state index contributed by atoms with van der Waals surface area (Å²) in [6.45, 7) is 3.70. The molecule has 1 heterocycles. The summed E-state index contributed by atoms with van der Waals surface area (Å²) in [5, 5.41) is 0. The second kappa shape index (κ2) is 7.13. The fourth-order valence-electron chi connectivity index (χ4n) is 2.54. The predicted molar refractivity (Wildman–Crippen MR) is 84.6 cm³/mol. The molecule has 0 radical (unpaired) electrons. The van der Waals surface area contributed by atoms with Crippen molar-refractivity contribution in [2.45, 2.75) is 31.1 Å². The molecule has 1 atom stereocenters. The Kier molecular flexibility index (Phi) is 5.45. The molecule has 1 amide bonds. The Bertz CT molecular complexity index is 627. The van der Waals surface area contributed by atoms with Crippen molar-refractivity contribution in [1.29, 1.82) is 0 Å². The molecule has 1 fully saturated rings. The largest absolute Gasteiger partial charge is 0.484 e. The summed E-state index contributed by atoms with van der Waals surface area (Å²) < 4.78 is 28.5. The normalized spacial score (nSPS) is 19.5. The number of hydrogen-bond donors (Lipinski definition) is 0. The van der Waals surface area contributed by atoms with Crippen molar-refractivity contribution < 1.29 is 17.9 Å². The number of ether oxygens (including phenoxy) is 1. The van der Waals surface area contributed by atoms with Crippen LogP contribution in [0.5, 0.6) is 5.75 Å². The van der Waals surface area contributed by atoms with Crippen LogP contribution in [0.2, 0.25) is 0 Å². The fraction of sp³-hybridized carbons (Fsp3) is 0.562.